The molecule has 1 amide bonds. The second kappa shape index (κ2) is 7.90. The van der Waals surface area contributed by atoms with Crippen LogP contribution in [0.15, 0.2) is 24.3 Å². The van der Waals surface area contributed by atoms with E-state index in [1.165, 1.54) is 0 Å². The van der Waals surface area contributed by atoms with E-state index in [-0.39, 0.29) is 30.6 Å². The van der Waals surface area contributed by atoms with Gasteiger partial charge in [-0.05, 0) is 23.6 Å². The van der Waals surface area contributed by atoms with Gasteiger partial charge in [0.2, 0.25) is 5.91 Å². The number of aliphatic hydroxyl groups is 1. The van der Waals surface area contributed by atoms with Gasteiger partial charge in [-0.25, -0.2) is 0 Å². The van der Waals surface area contributed by atoms with E-state index in [0.29, 0.717) is 5.69 Å². The lowest BCUT2D eigenvalue weighted by Gasteiger charge is -2.17. The molecule has 0 unspecified atom stereocenters. The predicted molar refractivity (Wildman–Crippen MR) is 82.6 cm³/mol. The fourth-order valence-corrected chi connectivity index (χ4v) is 1.86. The fraction of sp³-hybridized carbons (Fsp3) is 0.500. The van der Waals surface area contributed by atoms with E-state index in [0.717, 1.165) is 5.56 Å². The molecule has 5 nitrogen and oxygen atoms in total. The van der Waals surface area contributed by atoms with Crippen LogP contribution in [0.1, 0.15) is 32.8 Å². The van der Waals surface area contributed by atoms with Crippen molar-refractivity contribution in [3.63, 3.8) is 0 Å². The number of aliphatic hydroxyl groups excluding tert-OH is 1. The van der Waals surface area contributed by atoms with E-state index in [4.69, 9.17) is 10.8 Å². The first-order chi connectivity index (χ1) is 9.85. The molecule has 0 heterocycles. The maximum atomic E-state index is 12.0. The number of benzene rings is 1. The summed E-state index contributed by atoms with van der Waals surface area (Å²) < 4.78 is 0. The molecule has 0 spiro atoms. The van der Waals surface area contributed by atoms with Crippen LogP contribution >= 0.6 is 0 Å². The first kappa shape index (κ1) is 17.3. The highest BCUT2D eigenvalue weighted by atomic mass is 16.3. The molecule has 0 radical (unpaired) electrons. The number of Topliss-reactive ketones (excluding diaryl/α,β-unsaturated/α-hetero) is 1. The normalized spacial score (nSPS) is 13.8. The molecule has 0 saturated heterocycles. The molecular formula is C16H24N2O3. The van der Waals surface area contributed by atoms with E-state index in [1.54, 1.807) is 31.2 Å². The second-order valence-electron chi connectivity index (χ2n) is 5.69. The molecule has 4 N–H and O–H groups in total. The van der Waals surface area contributed by atoms with Crippen LogP contribution in [-0.2, 0) is 16.2 Å². The Hall–Kier alpha value is -1.72. The van der Waals surface area contributed by atoms with Crippen molar-refractivity contribution in [1.29, 1.82) is 0 Å². The molecule has 0 fully saturated rings. The van der Waals surface area contributed by atoms with Crippen LogP contribution in [0.5, 0.6) is 0 Å². The van der Waals surface area contributed by atoms with Crippen molar-refractivity contribution in [3.8, 4) is 0 Å². The highest BCUT2D eigenvalue weighted by Gasteiger charge is 2.23. The second-order valence-corrected chi connectivity index (χ2v) is 5.69. The lowest BCUT2D eigenvalue weighted by atomic mass is 9.93. The zero-order chi connectivity index (χ0) is 16.0. The smallest absolute Gasteiger partial charge is 0.227 e. The number of nitrogens with two attached hydrogens (primary N) is 1. The Morgan fingerprint density at radius 1 is 1.19 bits per heavy atom. The Bertz CT molecular complexity index is 483. The van der Waals surface area contributed by atoms with Crippen LogP contribution in [0.25, 0.3) is 0 Å². The summed E-state index contributed by atoms with van der Waals surface area (Å²) in [6.45, 7) is 5.45. The first-order valence-electron chi connectivity index (χ1n) is 7.14. The van der Waals surface area contributed by atoms with Crippen molar-refractivity contribution in [3.05, 3.63) is 29.8 Å². The van der Waals surface area contributed by atoms with Gasteiger partial charge in [-0.15, -0.1) is 0 Å². The van der Waals surface area contributed by atoms with Crippen LogP contribution in [0, 0.1) is 11.8 Å². The quantitative estimate of drug-likeness (QED) is 0.713. The number of ketones is 1. The molecule has 116 valence electrons. The summed E-state index contributed by atoms with van der Waals surface area (Å²) in [5, 5.41) is 11.7. The van der Waals surface area contributed by atoms with Crippen molar-refractivity contribution in [2.24, 2.45) is 17.6 Å². The minimum absolute atomic E-state index is 0.0355. The average Bonchev–Trinajstić information content (AvgIpc) is 2.46. The SMILES string of the molecule is CC(C)[C@H](N)C(=O)C[C@@H](C)C(=O)Nc1ccc(CO)cc1. The van der Waals surface area contributed by atoms with Gasteiger partial charge in [0.1, 0.15) is 0 Å². The molecule has 5 heteroatoms. The maximum absolute atomic E-state index is 12.0. The molecule has 1 rings (SSSR count). The lowest BCUT2D eigenvalue weighted by molar-refractivity contribution is -0.127. The maximum Gasteiger partial charge on any atom is 0.227 e. The summed E-state index contributed by atoms with van der Waals surface area (Å²) in [5.74, 6) is -0.669. The zero-order valence-electron chi connectivity index (χ0n) is 12.8. The number of rotatable bonds is 7. The number of nitrogens with one attached hydrogen (secondary N) is 1. The Kier molecular flexibility index (Phi) is 6.52. The topological polar surface area (TPSA) is 92.4 Å². The summed E-state index contributed by atoms with van der Waals surface area (Å²) >= 11 is 0. The van der Waals surface area contributed by atoms with E-state index in [9.17, 15) is 9.59 Å². The zero-order valence-corrected chi connectivity index (χ0v) is 12.8. The summed E-state index contributed by atoms with van der Waals surface area (Å²) in [6, 6.07) is 6.39. The van der Waals surface area contributed by atoms with Gasteiger partial charge >= 0.3 is 0 Å². The third-order valence-electron chi connectivity index (χ3n) is 3.45. The van der Waals surface area contributed by atoms with Gasteiger partial charge in [-0.1, -0.05) is 32.9 Å². The van der Waals surface area contributed by atoms with Gasteiger partial charge in [-0.2, -0.15) is 0 Å². The van der Waals surface area contributed by atoms with Crippen LogP contribution in [0.4, 0.5) is 5.69 Å². The molecule has 0 saturated carbocycles. The summed E-state index contributed by atoms with van der Waals surface area (Å²) in [6.07, 6.45) is 0.139. The van der Waals surface area contributed by atoms with Crippen LogP contribution in [0.3, 0.4) is 0 Å². The minimum Gasteiger partial charge on any atom is -0.392 e. The number of anilines is 1. The molecule has 0 aromatic heterocycles. The molecule has 0 aliphatic carbocycles. The highest BCUT2D eigenvalue weighted by Crippen LogP contribution is 2.14. The first-order valence-corrected chi connectivity index (χ1v) is 7.14. The molecule has 21 heavy (non-hydrogen) atoms. The van der Waals surface area contributed by atoms with Crippen molar-refractivity contribution >= 4 is 17.4 Å². The van der Waals surface area contributed by atoms with Crippen molar-refractivity contribution in [2.45, 2.75) is 39.8 Å². The number of carbonyl (C=O) groups is 2. The predicted octanol–water partition coefficient (Wildman–Crippen LogP) is 1.70. The monoisotopic (exact) mass is 292 g/mol. The van der Waals surface area contributed by atoms with Gasteiger partial charge in [0.25, 0.3) is 0 Å². The third-order valence-corrected chi connectivity index (χ3v) is 3.45. The van der Waals surface area contributed by atoms with Crippen LogP contribution in [0.2, 0.25) is 0 Å². The van der Waals surface area contributed by atoms with Gasteiger partial charge < -0.3 is 16.2 Å². The molecule has 0 aliphatic rings. The lowest BCUT2D eigenvalue weighted by Crippen LogP contribution is -2.37. The van der Waals surface area contributed by atoms with E-state index in [1.807, 2.05) is 13.8 Å². The number of carbonyl (C=O) groups excluding carboxylic acids is 2. The summed E-state index contributed by atoms with van der Waals surface area (Å²) in [7, 11) is 0. The van der Waals surface area contributed by atoms with Gasteiger partial charge in [0, 0.05) is 18.0 Å². The summed E-state index contributed by atoms with van der Waals surface area (Å²) in [4.78, 5) is 23.9. The molecular weight excluding hydrogens is 268 g/mol. The van der Waals surface area contributed by atoms with Crippen LogP contribution in [-0.4, -0.2) is 22.8 Å². The van der Waals surface area contributed by atoms with Gasteiger partial charge in [-0.3, -0.25) is 9.59 Å². The van der Waals surface area contributed by atoms with Crippen molar-refractivity contribution < 1.29 is 14.7 Å². The third kappa shape index (κ3) is 5.28. The Morgan fingerprint density at radius 3 is 2.24 bits per heavy atom. The largest absolute Gasteiger partial charge is 0.392 e. The summed E-state index contributed by atoms with van der Waals surface area (Å²) in [5.41, 5.74) is 7.21. The Labute approximate surface area is 125 Å². The number of hydrogen-bond donors (Lipinski definition) is 3. The van der Waals surface area contributed by atoms with E-state index < -0.39 is 12.0 Å². The van der Waals surface area contributed by atoms with Crippen molar-refractivity contribution in [2.75, 3.05) is 5.32 Å². The highest BCUT2D eigenvalue weighted by molar-refractivity contribution is 5.96. The van der Waals surface area contributed by atoms with E-state index >= 15 is 0 Å². The standard InChI is InChI=1S/C16H24N2O3/c1-10(2)15(17)14(20)8-11(3)16(21)18-13-6-4-12(9-19)5-7-13/h4-7,10-11,15,19H,8-9,17H2,1-3H3,(H,18,21)/t11-,15+/m1/s1. The molecule has 1 aromatic rings. The van der Waals surface area contributed by atoms with E-state index in [2.05, 4.69) is 5.32 Å². The van der Waals surface area contributed by atoms with Gasteiger partial charge in [0.05, 0.1) is 12.6 Å². The van der Waals surface area contributed by atoms with Crippen LogP contribution < -0.4 is 11.1 Å². The Morgan fingerprint density at radius 2 is 1.76 bits per heavy atom. The minimum atomic E-state index is -0.524. The number of amides is 1. The fourth-order valence-electron chi connectivity index (χ4n) is 1.86. The van der Waals surface area contributed by atoms with Crippen molar-refractivity contribution in [1.82, 2.24) is 0 Å². The Balaban J connectivity index is 2.56. The molecule has 1 aromatic carbocycles. The average molecular weight is 292 g/mol. The molecule has 2 atom stereocenters. The molecule has 0 aliphatic heterocycles. The number of hydrogen-bond acceptors (Lipinski definition) is 4. The molecule has 0 bridgehead atoms. The van der Waals surface area contributed by atoms with Gasteiger partial charge in [0.15, 0.2) is 5.78 Å².